The van der Waals surface area contributed by atoms with E-state index in [1.807, 2.05) is 0 Å². The molecule has 2 aromatic carbocycles. The predicted molar refractivity (Wildman–Crippen MR) is 115 cm³/mol. The van der Waals surface area contributed by atoms with Gasteiger partial charge in [-0.15, -0.1) is 5.10 Å². The molecule has 0 aliphatic carbocycles. The van der Waals surface area contributed by atoms with Gasteiger partial charge in [0.15, 0.2) is 17.3 Å². The highest BCUT2D eigenvalue weighted by molar-refractivity contribution is 5.91. The zero-order chi connectivity index (χ0) is 22.5. The lowest BCUT2D eigenvalue weighted by Gasteiger charge is -2.34. The summed E-state index contributed by atoms with van der Waals surface area (Å²) in [4.78, 5) is 16.6. The summed E-state index contributed by atoms with van der Waals surface area (Å²) in [6.45, 7) is 2.87. The van der Waals surface area contributed by atoms with E-state index < -0.39 is 0 Å². The molecular weight excluding hydrogens is 417 g/mol. The number of methoxy groups -OCH3 is 2. The number of tetrazole rings is 1. The van der Waals surface area contributed by atoms with Crippen molar-refractivity contribution in [2.45, 2.75) is 6.54 Å². The number of nitrogens with one attached hydrogen (secondary N) is 1. The molecule has 0 atom stereocenters. The molecule has 3 aromatic rings. The number of carbonyl (C=O) groups excluding carboxylic acids is 1. The first kappa shape index (κ1) is 21.5. The number of aromatic nitrogens is 4. The summed E-state index contributed by atoms with van der Waals surface area (Å²) in [6, 6.07) is 11.2. The Morgan fingerprint density at radius 3 is 2.59 bits per heavy atom. The van der Waals surface area contributed by atoms with Gasteiger partial charge in [-0.1, -0.05) is 12.1 Å². The number of rotatable bonds is 6. The second-order valence-corrected chi connectivity index (χ2v) is 7.22. The van der Waals surface area contributed by atoms with Crippen molar-refractivity contribution in [2.24, 2.45) is 0 Å². The highest BCUT2D eigenvalue weighted by atomic mass is 19.1. The zero-order valence-electron chi connectivity index (χ0n) is 17.9. The number of nitrogens with zero attached hydrogens (tertiary/aromatic N) is 6. The molecule has 11 heteroatoms. The molecule has 0 radical (unpaired) electrons. The Bertz CT molecular complexity index is 1080. The minimum absolute atomic E-state index is 0.208. The van der Waals surface area contributed by atoms with Gasteiger partial charge in [-0.2, -0.15) is 4.68 Å². The zero-order valence-corrected chi connectivity index (χ0v) is 17.9. The molecule has 168 valence electrons. The summed E-state index contributed by atoms with van der Waals surface area (Å²) in [6.07, 6.45) is 0. The first-order chi connectivity index (χ1) is 15.6. The smallest absolute Gasteiger partial charge is 0.322 e. The van der Waals surface area contributed by atoms with Crippen LogP contribution in [0.2, 0.25) is 0 Å². The van der Waals surface area contributed by atoms with Crippen LogP contribution in [0.5, 0.6) is 11.5 Å². The monoisotopic (exact) mass is 441 g/mol. The average Bonchev–Trinajstić information content (AvgIpc) is 3.27. The summed E-state index contributed by atoms with van der Waals surface area (Å²) < 4.78 is 25.7. The van der Waals surface area contributed by atoms with Crippen molar-refractivity contribution in [3.63, 3.8) is 0 Å². The van der Waals surface area contributed by atoms with Gasteiger partial charge in [0.1, 0.15) is 5.82 Å². The van der Waals surface area contributed by atoms with Crippen molar-refractivity contribution in [3.8, 4) is 17.2 Å². The SMILES string of the molecule is COc1cccc(NC(=O)N2CCN(Cc3nnnn3-c3cccc(F)c3)CC2)c1OC. The van der Waals surface area contributed by atoms with Gasteiger partial charge in [0.25, 0.3) is 0 Å². The molecule has 1 aliphatic rings. The molecule has 32 heavy (non-hydrogen) atoms. The molecule has 1 aliphatic heterocycles. The number of anilines is 1. The van der Waals surface area contributed by atoms with Gasteiger partial charge in [0, 0.05) is 26.2 Å². The van der Waals surface area contributed by atoms with E-state index in [2.05, 4.69) is 25.7 Å². The maximum Gasteiger partial charge on any atom is 0.322 e. The molecule has 2 heterocycles. The highest BCUT2D eigenvalue weighted by Crippen LogP contribution is 2.34. The summed E-state index contributed by atoms with van der Waals surface area (Å²) in [5.41, 5.74) is 1.11. The van der Waals surface area contributed by atoms with Crippen molar-refractivity contribution in [3.05, 3.63) is 54.1 Å². The van der Waals surface area contributed by atoms with Gasteiger partial charge in [-0.05, 0) is 40.8 Å². The third-order valence-electron chi connectivity index (χ3n) is 5.26. The van der Waals surface area contributed by atoms with E-state index in [9.17, 15) is 9.18 Å². The molecule has 0 spiro atoms. The maximum absolute atomic E-state index is 13.6. The van der Waals surface area contributed by atoms with Crippen molar-refractivity contribution in [1.82, 2.24) is 30.0 Å². The Kier molecular flexibility index (Phi) is 6.45. The van der Waals surface area contributed by atoms with Gasteiger partial charge < -0.3 is 19.7 Å². The number of hydrogen-bond donors (Lipinski definition) is 1. The maximum atomic E-state index is 13.6. The van der Waals surface area contributed by atoms with Crippen LogP contribution in [-0.4, -0.2) is 76.4 Å². The van der Waals surface area contributed by atoms with Crippen LogP contribution in [0.3, 0.4) is 0 Å². The van der Waals surface area contributed by atoms with Gasteiger partial charge in [0.2, 0.25) is 0 Å². The van der Waals surface area contributed by atoms with Crippen LogP contribution in [0.25, 0.3) is 5.69 Å². The van der Waals surface area contributed by atoms with E-state index in [-0.39, 0.29) is 11.8 Å². The highest BCUT2D eigenvalue weighted by Gasteiger charge is 2.24. The van der Waals surface area contributed by atoms with E-state index in [1.165, 1.54) is 23.9 Å². The molecule has 2 amide bonds. The molecule has 1 saturated heterocycles. The average molecular weight is 441 g/mol. The second-order valence-electron chi connectivity index (χ2n) is 7.22. The molecule has 1 aromatic heterocycles. The lowest BCUT2D eigenvalue weighted by molar-refractivity contribution is 0.140. The van der Waals surface area contributed by atoms with Crippen LogP contribution >= 0.6 is 0 Å². The summed E-state index contributed by atoms with van der Waals surface area (Å²) in [7, 11) is 3.08. The normalized spacial score (nSPS) is 14.3. The van der Waals surface area contributed by atoms with Gasteiger partial charge in [0.05, 0.1) is 32.1 Å². The van der Waals surface area contributed by atoms with Crippen LogP contribution < -0.4 is 14.8 Å². The molecule has 1 N–H and O–H groups in total. The third-order valence-corrected chi connectivity index (χ3v) is 5.26. The number of para-hydroxylation sites is 1. The molecule has 0 saturated carbocycles. The summed E-state index contributed by atoms with van der Waals surface area (Å²) in [5, 5.41) is 14.7. The molecule has 0 bridgehead atoms. The number of piperazine rings is 1. The molecule has 0 unspecified atom stereocenters. The Labute approximate surface area is 184 Å². The standard InChI is InChI=1S/C21H24FN7O3/c1-31-18-8-4-7-17(20(18)32-2)23-21(30)28-11-9-27(10-12-28)14-19-24-25-26-29(19)16-6-3-5-15(22)13-16/h3-8,13H,9-12,14H2,1-2H3,(H,23,30). The van der Waals surface area contributed by atoms with E-state index in [1.54, 1.807) is 42.3 Å². The van der Waals surface area contributed by atoms with Crippen LogP contribution in [0.15, 0.2) is 42.5 Å². The van der Waals surface area contributed by atoms with E-state index >= 15 is 0 Å². The number of halogens is 1. The number of amides is 2. The minimum Gasteiger partial charge on any atom is -0.493 e. The summed E-state index contributed by atoms with van der Waals surface area (Å²) in [5.74, 6) is 1.28. The predicted octanol–water partition coefficient (Wildman–Crippen LogP) is 2.17. The first-order valence-corrected chi connectivity index (χ1v) is 10.1. The molecule has 4 rings (SSSR count). The van der Waals surface area contributed by atoms with E-state index in [0.717, 1.165) is 0 Å². The number of ether oxygens (including phenoxy) is 2. The van der Waals surface area contributed by atoms with Gasteiger partial charge in [-0.25, -0.2) is 9.18 Å². The van der Waals surface area contributed by atoms with E-state index in [0.29, 0.717) is 61.4 Å². The molecule has 1 fully saturated rings. The Balaban J connectivity index is 1.36. The largest absolute Gasteiger partial charge is 0.493 e. The van der Waals surface area contributed by atoms with Crippen LogP contribution in [0.4, 0.5) is 14.9 Å². The second kappa shape index (κ2) is 9.60. The Morgan fingerprint density at radius 1 is 1.09 bits per heavy atom. The van der Waals surface area contributed by atoms with Gasteiger partial charge in [-0.3, -0.25) is 4.90 Å². The topological polar surface area (TPSA) is 97.6 Å². The van der Waals surface area contributed by atoms with Crippen molar-refractivity contribution >= 4 is 11.7 Å². The number of urea groups is 1. The van der Waals surface area contributed by atoms with Crippen LogP contribution in [0, 0.1) is 5.82 Å². The van der Waals surface area contributed by atoms with Gasteiger partial charge >= 0.3 is 6.03 Å². The lowest BCUT2D eigenvalue weighted by Crippen LogP contribution is -2.49. The van der Waals surface area contributed by atoms with Crippen LogP contribution in [0.1, 0.15) is 5.82 Å². The Hall–Kier alpha value is -3.73. The fourth-order valence-corrected chi connectivity index (χ4v) is 3.60. The summed E-state index contributed by atoms with van der Waals surface area (Å²) >= 11 is 0. The molecule has 10 nitrogen and oxygen atoms in total. The number of benzene rings is 2. The Morgan fingerprint density at radius 2 is 1.88 bits per heavy atom. The van der Waals surface area contributed by atoms with Crippen molar-refractivity contribution < 1.29 is 18.7 Å². The van der Waals surface area contributed by atoms with Crippen LogP contribution in [-0.2, 0) is 6.54 Å². The number of carbonyl (C=O) groups is 1. The quantitative estimate of drug-likeness (QED) is 0.626. The first-order valence-electron chi connectivity index (χ1n) is 10.1. The minimum atomic E-state index is -0.351. The fraction of sp³-hybridized carbons (Fsp3) is 0.333. The van der Waals surface area contributed by atoms with E-state index in [4.69, 9.17) is 9.47 Å². The fourth-order valence-electron chi connectivity index (χ4n) is 3.60. The lowest BCUT2D eigenvalue weighted by atomic mass is 10.2. The number of hydrogen-bond acceptors (Lipinski definition) is 7. The molecular formula is C21H24FN7O3. The van der Waals surface area contributed by atoms with Crippen molar-refractivity contribution in [1.29, 1.82) is 0 Å². The third kappa shape index (κ3) is 4.62. The van der Waals surface area contributed by atoms with Crippen molar-refractivity contribution in [2.75, 3.05) is 45.7 Å².